The molecule has 2 saturated carbocycles. The fourth-order valence-electron chi connectivity index (χ4n) is 8.71. The summed E-state index contributed by atoms with van der Waals surface area (Å²) < 4.78 is 6.01. The van der Waals surface area contributed by atoms with E-state index >= 15 is 0 Å². The lowest BCUT2D eigenvalue weighted by molar-refractivity contribution is -0.0409. The molecular weight excluding hydrogens is 440 g/mol. The van der Waals surface area contributed by atoms with E-state index in [0.717, 1.165) is 37.0 Å². The highest BCUT2D eigenvalue weighted by Crippen LogP contribution is 2.65. The van der Waals surface area contributed by atoms with Crippen LogP contribution in [0.3, 0.4) is 0 Å². The van der Waals surface area contributed by atoms with E-state index in [0.29, 0.717) is 28.2 Å². The summed E-state index contributed by atoms with van der Waals surface area (Å²) in [7, 11) is 0. The van der Waals surface area contributed by atoms with Gasteiger partial charge in [-0.3, -0.25) is 0 Å². The van der Waals surface area contributed by atoms with Gasteiger partial charge in [0.25, 0.3) is 0 Å². The topological polar surface area (TPSA) is 26.3 Å². The SMILES string of the molecule is CC(C)CCC[C@@H](C)C1CC=C2C3=CCC4C[C@@H](OC(=O)c5ccccc5)CCC4(C)C3CCC21C. The van der Waals surface area contributed by atoms with Gasteiger partial charge in [-0.1, -0.05) is 84.2 Å². The fraction of sp³-hybridized carbons (Fsp3) is 0.676. The van der Waals surface area contributed by atoms with Crippen molar-refractivity contribution in [2.75, 3.05) is 0 Å². The van der Waals surface area contributed by atoms with Crippen molar-refractivity contribution in [3.63, 3.8) is 0 Å². The summed E-state index contributed by atoms with van der Waals surface area (Å²) in [6.45, 7) is 12.4. The summed E-state index contributed by atoms with van der Waals surface area (Å²) in [5, 5.41) is 0. The molecule has 4 aliphatic carbocycles. The normalized spacial score (nSPS) is 36.3. The minimum atomic E-state index is -0.158. The van der Waals surface area contributed by atoms with E-state index in [1.807, 2.05) is 30.3 Å². The van der Waals surface area contributed by atoms with Gasteiger partial charge in [0.15, 0.2) is 0 Å². The Balaban J connectivity index is 1.26. The van der Waals surface area contributed by atoms with Crippen molar-refractivity contribution >= 4 is 5.97 Å². The first-order valence-electron chi connectivity index (χ1n) is 14.9. The maximum Gasteiger partial charge on any atom is 0.338 e. The molecule has 0 aromatic heterocycles. The van der Waals surface area contributed by atoms with Crippen LogP contribution in [0.2, 0.25) is 0 Å². The highest BCUT2D eigenvalue weighted by molar-refractivity contribution is 5.89. The van der Waals surface area contributed by atoms with Crippen molar-refractivity contribution in [2.45, 2.75) is 105 Å². The third kappa shape index (κ3) is 4.63. The van der Waals surface area contributed by atoms with Gasteiger partial charge in [0.05, 0.1) is 5.56 Å². The van der Waals surface area contributed by atoms with Crippen molar-refractivity contribution in [3.8, 4) is 0 Å². The molecule has 7 atom stereocenters. The van der Waals surface area contributed by atoms with E-state index < -0.39 is 0 Å². The van der Waals surface area contributed by atoms with Crippen LogP contribution in [0, 0.1) is 40.4 Å². The molecule has 0 saturated heterocycles. The summed E-state index contributed by atoms with van der Waals surface area (Å²) >= 11 is 0. The van der Waals surface area contributed by atoms with Crippen LogP contribution in [0.25, 0.3) is 0 Å². The number of rotatable bonds is 7. The van der Waals surface area contributed by atoms with Crippen molar-refractivity contribution in [3.05, 3.63) is 59.2 Å². The predicted octanol–water partition coefficient (Wildman–Crippen LogP) is 9.17. The van der Waals surface area contributed by atoms with E-state index in [-0.39, 0.29) is 12.1 Å². The fourth-order valence-corrected chi connectivity index (χ4v) is 8.71. The standard InChI is InChI=1S/C34H48O2/c1-23(2)10-9-11-24(3)29-16-17-30-28-15-14-26-22-27(36-32(35)25-12-7-6-8-13-25)18-20-33(26,4)31(28)19-21-34(29,30)5/h6-8,12-13,15,17,23-24,26-27,29,31H,9-11,14,16,18-22H2,1-5H3/t24-,26?,27+,29?,31?,33?,34?/m1/s1. The zero-order chi connectivity index (χ0) is 25.5. The van der Waals surface area contributed by atoms with Crippen molar-refractivity contribution in [1.82, 2.24) is 0 Å². The van der Waals surface area contributed by atoms with Crippen LogP contribution in [0.5, 0.6) is 0 Å². The molecule has 0 N–H and O–H groups in total. The molecule has 2 heteroatoms. The van der Waals surface area contributed by atoms with Gasteiger partial charge >= 0.3 is 5.97 Å². The minimum absolute atomic E-state index is 0.0568. The molecule has 5 unspecified atom stereocenters. The van der Waals surface area contributed by atoms with Crippen molar-refractivity contribution in [1.29, 1.82) is 0 Å². The second-order valence-corrected chi connectivity index (χ2v) is 13.5. The molecule has 36 heavy (non-hydrogen) atoms. The maximum atomic E-state index is 12.7. The highest BCUT2D eigenvalue weighted by atomic mass is 16.5. The number of fused-ring (bicyclic) bond motifs is 5. The molecule has 196 valence electrons. The quantitative estimate of drug-likeness (QED) is 0.358. The van der Waals surface area contributed by atoms with Crippen molar-refractivity contribution < 1.29 is 9.53 Å². The number of carbonyl (C=O) groups is 1. The number of carbonyl (C=O) groups excluding carboxylic acids is 1. The van der Waals surface area contributed by atoms with Gasteiger partial charge in [-0.25, -0.2) is 4.79 Å². The zero-order valence-corrected chi connectivity index (χ0v) is 23.4. The highest BCUT2D eigenvalue weighted by Gasteiger charge is 2.55. The number of hydrogen-bond donors (Lipinski definition) is 0. The number of ether oxygens (including phenoxy) is 1. The van der Waals surface area contributed by atoms with E-state index in [1.165, 1.54) is 44.9 Å². The van der Waals surface area contributed by atoms with Gasteiger partial charge in [-0.2, -0.15) is 0 Å². The van der Waals surface area contributed by atoms with Gasteiger partial charge in [0, 0.05) is 0 Å². The minimum Gasteiger partial charge on any atom is -0.459 e. The summed E-state index contributed by atoms with van der Waals surface area (Å²) in [6, 6.07) is 9.48. The Morgan fingerprint density at radius 1 is 1.00 bits per heavy atom. The molecule has 0 aliphatic heterocycles. The Hall–Kier alpha value is -1.83. The molecule has 0 spiro atoms. The van der Waals surface area contributed by atoms with Gasteiger partial charge < -0.3 is 4.74 Å². The lowest BCUT2D eigenvalue weighted by atomic mass is 9.48. The molecule has 1 aromatic carbocycles. The van der Waals surface area contributed by atoms with Crippen LogP contribution >= 0.6 is 0 Å². The second-order valence-electron chi connectivity index (χ2n) is 13.5. The zero-order valence-electron chi connectivity index (χ0n) is 23.4. The van der Waals surface area contributed by atoms with Crippen molar-refractivity contribution in [2.24, 2.45) is 40.4 Å². The van der Waals surface area contributed by atoms with Crippen LogP contribution in [0.4, 0.5) is 0 Å². The third-order valence-electron chi connectivity index (χ3n) is 11.0. The lowest BCUT2D eigenvalue weighted by Crippen LogP contribution is -2.48. The van der Waals surface area contributed by atoms with Gasteiger partial charge in [-0.15, -0.1) is 0 Å². The molecular formula is C34H48O2. The van der Waals surface area contributed by atoms with Gasteiger partial charge in [-0.05, 0) is 109 Å². The Kier molecular flexibility index (Phi) is 7.27. The molecule has 4 aliphatic rings. The predicted molar refractivity (Wildman–Crippen MR) is 149 cm³/mol. The molecule has 5 rings (SSSR count). The van der Waals surface area contributed by atoms with Crippen LogP contribution in [0.15, 0.2) is 53.6 Å². The smallest absolute Gasteiger partial charge is 0.338 e. The first-order valence-corrected chi connectivity index (χ1v) is 14.9. The number of benzene rings is 1. The van der Waals surface area contributed by atoms with Crippen LogP contribution in [0.1, 0.15) is 109 Å². The Morgan fingerprint density at radius 3 is 2.53 bits per heavy atom. The lowest BCUT2D eigenvalue weighted by Gasteiger charge is -2.56. The second kappa shape index (κ2) is 10.1. The summed E-state index contributed by atoms with van der Waals surface area (Å²) in [5.74, 6) is 3.57. The van der Waals surface area contributed by atoms with E-state index in [2.05, 4.69) is 46.8 Å². The van der Waals surface area contributed by atoms with Crippen LogP contribution in [-0.4, -0.2) is 12.1 Å². The van der Waals surface area contributed by atoms with E-state index in [9.17, 15) is 4.79 Å². The Labute approximate surface area is 220 Å². The molecule has 0 amide bonds. The molecule has 2 nitrogen and oxygen atoms in total. The summed E-state index contributed by atoms with van der Waals surface area (Å²) in [6.07, 6.45) is 17.7. The molecule has 1 aromatic rings. The number of esters is 1. The van der Waals surface area contributed by atoms with Crippen LogP contribution in [-0.2, 0) is 4.74 Å². The Bertz CT molecular complexity index is 1000. The monoisotopic (exact) mass is 488 g/mol. The maximum absolute atomic E-state index is 12.7. The van der Waals surface area contributed by atoms with E-state index in [4.69, 9.17) is 4.74 Å². The molecule has 0 radical (unpaired) electrons. The first kappa shape index (κ1) is 25.8. The molecule has 0 bridgehead atoms. The average Bonchev–Trinajstić information content (AvgIpc) is 3.22. The average molecular weight is 489 g/mol. The largest absolute Gasteiger partial charge is 0.459 e. The first-order chi connectivity index (χ1) is 17.2. The van der Waals surface area contributed by atoms with Crippen LogP contribution < -0.4 is 0 Å². The summed E-state index contributed by atoms with van der Waals surface area (Å²) in [5.41, 5.74) is 4.80. The van der Waals surface area contributed by atoms with Gasteiger partial charge in [0.2, 0.25) is 0 Å². The number of hydrogen-bond acceptors (Lipinski definition) is 2. The molecule has 2 fully saturated rings. The third-order valence-corrected chi connectivity index (χ3v) is 11.0. The Morgan fingerprint density at radius 2 is 1.78 bits per heavy atom. The summed E-state index contributed by atoms with van der Waals surface area (Å²) in [4.78, 5) is 12.7. The van der Waals surface area contributed by atoms with E-state index in [1.54, 1.807) is 11.1 Å². The molecule has 0 heterocycles. The number of allylic oxidation sites excluding steroid dienone is 4. The van der Waals surface area contributed by atoms with Gasteiger partial charge in [0.1, 0.15) is 6.10 Å².